The van der Waals surface area contributed by atoms with Crippen molar-refractivity contribution in [3.63, 3.8) is 0 Å². The summed E-state index contributed by atoms with van der Waals surface area (Å²) in [4.78, 5) is 21.7. The van der Waals surface area contributed by atoms with Gasteiger partial charge in [0.15, 0.2) is 6.10 Å². The van der Waals surface area contributed by atoms with Gasteiger partial charge in [-0.15, -0.1) is 0 Å². The fourth-order valence-corrected chi connectivity index (χ4v) is 0.607. The summed E-state index contributed by atoms with van der Waals surface area (Å²) in [6, 6.07) is 0. The maximum absolute atomic E-state index is 11.0. The van der Waals surface area contributed by atoms with E-state index >= 15 is 0 Å². The Morgan fingerprint density at radius 1 is 1.50 bits per heavy atom. The monoisotopic (exact) mass is 199 g/mol. The van der Waals surface area contributed by atoms with Crippen LogP contribution in [0.2, 0.25) is 0 Å². The van der Waals surface area contributed by atoms with E-state index in [0.717, 1.165) is 0 Å². The molecule has 1 atom stereocenters. The van der Waals surface area contributed by atoms with Gasteiger partial charge in [0.25, 0.3) is 0 Å². The van der Waals surface area contributed by atoms with E-state index in [4.69, 9.17) is 15.6 Å². The van der Waals surface area contributed by atoms with E-state index in [1.807, 2.05) is 0 Å². The lowest BCUT2D eigenvalue weighted by molar-refractivity contribution is -0.144. The Labute approximate surface area is 81.9 Å². The minimum absolute atomic E-state index is 0.151. The molecule has 0 radical (unpaired) electrons. The molecule has 0 rings (SSSR count). The Morgan fingerprint density at radius 3 is 2.29 bits per heavy atom. The van der Waals surface area contributed by atoms with Crippen LogP contribution in [0.25, 0.3) is 0 Å². The van der Waals surface area contributed by atoms with Crippen molar-refractivity contribution >= 4 is 11.9 Å². The number of carbonyl (C=O) groups is 2. The number of hydrogen-bond donors (Lipinski definition) is 2. The quantitative estimate of drug-likeness (QED) is 0.461. The van der Waals surface area contributed by atoms with Gasteiger partial charge in [-0.3, -0.25) is 4.79 Å². The molecular formula is C9H13NO4. The number of esters is 1. The van der Waals surface area contributed by atoms with Crippen molar-refractivity contribution in [3.05, 3.63) is 24.3 Å². The topological polar surface area (TPSA) is 89.6 Å². The van der Waals surface area contributed by atoms with Crippen molar-refractivity contribution in [2.45, 2.75) is 13.0 Å². The maximum atomic E-state index is 11.0. The van der Waals surface area contributed by atoms with Crippen molar-refractivity contribution in [1.82, 2.24) is 0 Å². The van der Waals surface area contributed by atoms with Gasteiger partial charge in [-0.1, -0.05) is 13.2 Å². The van der Waals surface area contributed by atoms with Crippen LogP contribution in [0.15, 0.2) is 24.3 Å². The van der Waals surface area contributed by atoms with Crippen molar-refractivity contribution in [1.29, 1.82) is 0 Å². The molecule has 0 fully saturated rings. The molecule has 78 valence electrons. The molecule has 1 unspecified atom stereocenters. The van der Waals surface area contributed by atoms with E-state index in [9.17, 15) is 9.59 Å². The summed E-state index contributed by atoms with van der Waals surface area (Å²) in [5.41, 5.74) is 4.92. The molecule has 1 amide bonds. The van der Waals surface area contributed by atoms with Gasteiger partial charge >= 0.3 is 5.97 Å². The van der Waals surface area contributed by atoms with Gasteiger partial charge in [0, 0.05) is 5.57 Å². The summed E-state index contributed by atoms with van der Waals surface area (Å²) in [6.45, 7) is 7.55. The second-order valence-electron chi connectivity index (χ2n) is 2.75. The highest BCUT2D eigenvalue weighted by atomic mass is 16.6. The Morgan fingerprint density at radius 2 is 2.00 bits per heavy atom. The van der Waals surface area contributed by atoms with E-state index in [1.165, 1.54) is 6.92 Å². The SMILES string of the molecule is C=C(C)C(=O)OC(CO)C(=C)C(N)=O. The molecule has 5 heteroatoms. The van der Waals surface area contributed by atoms with E-state index in [-0.39, 0.29) is 11.1 Å². The molecule has 5 nitrogen and oxygen atoms in total. The molecular weight excluding hydrogens is 186 g/mol. The Hall–Kier alpha value is -1.62. The maximum Gasteiger partial charge on any atom is 0.333 e. The third-order valence-electron chi connectivity index (χ3n) is 1.47. The van der Waals surface area contributed by atoms with Crippen LogP contribution < -0.4 is 5.73 Å². The van der Waals surface area contributed by atoms with Crippen LogP contribution in [-0.4, -0.2) is 29.7 Å². The number of aliphatic hydroxyl groups excluding tert-OH is 1. The van der Waals surface area contributed by atoms with Crippen LogP contribution >= 0.6 is 0 Å². The number of nitrogens with two attached hydrogens (primary N) is 1. The molecule has 3 N–H and O–H groups in total. The van der Waals surface area contributed by atoms with Gasteiger partial charge in [-0.2, -0.15) is 0 Å². The number of primary amides is 1. The average molecular weight is 199 g/mol. The molecule has 0 aromatic rings. The first-order valence-electron chi connectivity index (χ1n) is 3.86. The number of ether oxygens (including phenoxy) is 1. The third kappa shape index (κ3) is 3.40. The number of amides is 1. The van der Waals surface area contributed by atoms with Crippen molar-refractivity contribution < 1.29 is 19.4 Å². The lowest BCUT2D eigenvalue weighted by Crippen LogP contribution is -2.30. The van der Waals surface area contributed by atoms with Crippen LogP contribution in [0.4, 0.5) is 0 Å². The average Bonchev–Trinajstić information content (AvgIpc) is 2.12. The normalized spacial score (nSPS) is 11.6. The molecule has 14 heavy (non-hydrogen) atoms. The molecule has 0 saturated carbocycles. The largest absolute Gasteiger partial charge is 0.451 e. The highest BCUT2D eigenvalue weighted by molar-refractivity contribution is 5.93. The predicted molar refractivity (Wildman–Crippen MR) is 50.1 cm³/mol. The highest BCUT2D eigenvalue weighted by Crippen LogP contribution is 2.06. The Balaban J connectivity index is 4.45. The lowest BCUT2D eigenvalue weighted by Gasteiger charge is -2.15. The summed E-state index contributed by atoms with van der Waals surface area (Å²) < 4.78 is 4.70. The molecule has 0 saturated heterocycles. The molecule has 0 spiro atoms. The molecule has 0 aliphatic carbocycles. The molecule has 0 bridgehead atoms. The minimum atomic E-state index is -1.10. The lowest BCUT2D eigenvalue weighted by atomic mass is 10.1. The van der Waals surface area contributed by atoms with E-state index in [1.54, 1.807) is 0 Å². The smallest absolute Gasteiger partial charge is 0.333 e. The number of aliphatic hydroxyl groups is 1. The zero-order chi connectivity index (χ0) is 11.3. The fraction of sp³-hybridized carbons (Fsp3) is 0.333. The molecule has 0 aliphatic heterocycles. The van der Waals surface area contributed by atoms with Gasteiger partial charge in [0.05, 0.1) is 12.2 Å². The van der Waals surface area contributed by atoms with Crippen molar-refractivity contribution in [3.8, 4) is 0 Å². The van der Waals surface area contributed by atoms with Gasteiger partial charge in [-0.25, -0.2) is 4.79 Å². The highest BCUT2D eigenvalue weighted by Gasteiger charge is 2.20. The summed E-state index contributed by atoms with van der Waals surface area (Å²) in [5, 5.41) is 8.80. The standard InChI is InChI=1S/C9H13NO4/c1-5(2)9(13)14-7(4-11)6(3)8(10)12/h7,11H,1,3-4H2,2H3,(H2,10,12). The zero-order valence-corrected chi connectivity index (χ0v) is 7.95. The molecule has 0 heterocycles. The number of hydrogen-bond acceptors (Lipinski definition) is 4. The third-order valence-corrected chi connectivity index (χ3v) is 1.47. The fourth-order valence-electron chi connectivity index (χ4n) is 0.607. The molecule has 0 aromatic carbocycles. The minimum Gasteiger partial charge on any atom is -0.451 e. The summed E-state index contributed by atoms with van der Waals surface area (Å²) in [5.74, 6) is -1.52. The van der Waals surface area contributed by atoms with Crippen LogP contribution in [0.1, 0.15) is 6.92 Å². The van der Waals surface area contributed by atoms with E-state index < -0.39 is 24.6 Å². The van der Waals surface area contributed by atoms with Gasteiger partial charge in [-0.05, 0) is 6.92 Å². The molecule has 0 aliphatic rings. The van der Waals surface area contributed by atoms with Crippen LogP contribution in [-0.2, 0) is 14.3 Å². The van der Waals surface area contributed by atoms with E-state index in [0.29, 0.717) is 0 Å². The summed E-state index contributed by atoms with van der Waals surface area (Å²) >= 11 is 0. The second kappa shape index (κ2) is 5.18. The van der Waals surface area contributed by atoms with Crippen LogP contribution in [0.5, 0.6) is 0 Å². The number of carbonyl (C=O) groups excluding carboxylic acids is 2. The summed E-state index contributed by atoms with van der Waals surface area (Å²) in [7, 11) is 0. The number of rotatable bonds is 5. The second-order valence-corrected chi connectivity index (χ2v) is 2.75. The Bertz CT molecular complexity index is 283. The van der Waals surface area contributed by atoms with Crippen LogP contribution in [0, 0.1) is 0 Å². The first kappa shape index (κ1) is 12.4. The first-order chi connectivity index (χ1) is 6.40. The Kier molecular flexibility index (Phi) is 4.58. The van der Waals surface area contributed by atoms with Crippen molar-refractivity contribution in [2.75, 3.05) is 6.61 Å². The van der Waals surface area contributed by atoms with Gasteiger partial charge in [0.1, 0.15) is 0 Å². The van der Waals surface area contributed by atoms with Gasteiger partial charge in [0.2, 0.25) is 5.91 Å². The summed E-state index contributed by atoms with van der Waals surface area (Å²) in [6.07, 6.45) is -1.10. The first-order valence-corrected chi connectivity index (χ1v) is 3.86. The van der Waals surface area contributed by atoms with Crippen LogP contribution in [0.3, 0.4) is 0 Å². The van der Waals surface area contributed by atoms with Gasteiger partial charge < -0.3 is 15.6 Å². The van der Waals surface area contributed by atoms with Crippen molar-refractivity contribution in [2.24, 2.45) is 5.73 Å². The van der Waals surface area contributed by atoms with E-state index in [2.05, 4.69) is 13.2 Å². The molecule has 0 aromatic heterocycles. The zero-order valence-electron chi connectivity index (χ0n) is 7.95. The predicted octanol–water partition coefficient (Wildman–Crippen LogP) is -0.492.